The van der Waals surface area contributed by atoms with E-state index in [1.807, 2.05) is 13.0 Å². The van der Waals surface area contributed by atoms with Gasteiger partial charge in [0.05, 0.1) is 15.6 Å². The largest absolute Gasteiger partial charge is 0.289 e. The fraction of sp³-hybridized carbons (Fsp3) is 0.417. The van der Waals surface area contributed by atoms with Crippen molar-refractivity contribution in [1.29, 1.82) is 0 Å². The van der Waals surface area contributed by atoms with Crippen LogP contribution < -0.4 is 0 Å². The van der Waals surface area contributed by atoms with E-state index >= 15 is 0 Å². The Hall–Kier alpha value is -0.100. The van der Waals surface area contributed by atoms with Crippen LogP contribution in [0.25, 0.3) is 0 Å². The smallest absolute Gasteiger partial charge is 0.184 e. The molecule has 0 spiro atoms. The van der Waals surface area contributed by atoms with E-state index in [4.69, 9.17) is 23.2 Å². The molecule has 0 fully saturated rings. The van der Waals surface area contributed by atoms with E-state index in [2.05, 4.69) is 13.8 Å². The van der Waals surface area contributed by atoms with Crippen molar-refractivity contribution >= 4 is 37.3 Å². The first-order valence-corrected chi connectivity index (χ1v) is 7.06. The standard InChI is InChI=1S/C12H15Cl2OP/c1-4-8(3)16-12(15)10-9(13)6-5-7(2)11(10)14/h5-6,8,16H,4H2,1-3H3. The first-order chi connectivity index (χ1) is 7.47. The summed E-state index contributed by atoms with van der Waals surface area (Å²) in [6.07, 6.45) is 0.991. The van der Waals surface area contributed by atoms with Gasteiger partial charge in [-0.15, -0.1) is 0 Å². The van der Waals surface area contributed by atoms with E-state index in [9.17, 15) is 4.79 Å². The zero-order valence-corrected chi connectivity index (χ0v) is 12.1. The molecule has 2 atom stereocenters. The van der Waals surface area contributed by atoms with Gasteiger partial charge >= 0.3 is 0 Å². The van der Waals surface area contributed by atoms with Crippen LogP contribution in [0, 0.1) is 6.92 Å². The summed E-state index contributed by atoms with van der Waals surface area (Å²) in [6.45, 7) is 6.01. The minimum absolute atomic E-state index is 0.0630. The predicted molar refractivity (Wildman–Crippen MR) is 73.6 cm³/mol. The number of carbonyl (C=O) groups is 1. The summed E-state index contributed by atoms with van der Waals surface area (Å²) in [7, 11) is 0.239. The van der Waals surface area contributed by atoms with E-state index in [-0.39, 0.29) is 14.1 Å². The van der Waals surface area contributed by atoms with Crippen LogP contribution in [0.1, 0.15) is 36.2 Å². The predicted octanol–water partition coefficient (Wildman–Crippen LogP) is 4.92. The van der Waals surface area contributed by atoms with Gasteiger partial charge in [-0.1, -0.05) is 43.1 Å². The molecule has 0 aliphatic heterocycles. The molecule has 1 nitrogen and oxygen atoms in total. The quantitative estimate of drug-likeness (QED) is 0.714. The van der Waals surface area contributed by atoms with Crippen LogP contribution in [0.3, 0.4) is 0 Å². The Bertz CT molecular complexity index is 404. The third-order valence-electron chi connectivity index (χ3n) is 2.50. The fourth-order valence-corrected chi connectivity index (χ4v) is 3.02. The molecular formula is C12H15Cl2OP. The van der Waals surface area contributed by atoms with Crippen LogP contribution in [-0.2, 0) is 0 Å². The van der Waals surface area contributed by atoms with Crippen LogP contribution in [0.15, 0.2) is 12.1 Å². The Morgan fingerprint density at radius 1 is 1.44 bits per heavy atom. The summed E-state index contributed by atoms with van der Waals surface area (Å²) >= 11 is 12.1. The van der Waals surface area contributed by atoms with Crippen LogP contribution in [0.5, 0.6) is 0 Å². The number of benzene rings is 1. The normalized spacial score (nSPS) is 13.3. The van der Waals surface area contributed by atoms with Crippen molar-refractivity contribution in [1.82, 2.24) is 0 Å². The fourth-order valence-electron chi connectivity index (χ4n) is 1.26. The van der Waals surface area contributed by atoms with Gasteiger partial charge in [0.1, 0.15) is 0 Å². The van der Waals surface area contributed by atoms with Crippen LogP contribution in [0.2, 0.25) is 10.0 Å². The number of aryl methyl sites for hydroxylation is 1. The Morgan fingerprint density at radius 3 is 2.62 bits per heavy atom. The van der Waals surface area contributed by atoms with Crippen LogP contribution in [0.4, 0.5) is 0 Å². The maximum atomic E-state index is 12.1. The summed E-state index contributed by atoms with van der Waals surface area (Å²) in [5, 5.41) is 0.949. The van der Waals surface area contributed by atoms with Gasteiger partial charge in [0.25, 0.3) is 0 Å². The van der Waals surface area contributed by atoms with E-state index < -0.39 is 0 Å². The lowest BCUT2D eigenvalue weighted by Gasteiger charge is -2.11. The SMILES string of the molecule is CCC(C)PC(=O)c1c(Cl)ccc(C)c1Cl. The van der Waals surface area contributed by atoms with Gasteiger partial charge in [0, 0.05) is 0 Å². The molecule has 16 heavy (non-hydrogen) atoms. The lowest BCUT2D eigenvalue weighted by atomic mass is 10.1. The highest BCUT2D eigenvalue weighted by atomic mass is 35.5. The summed E-state index contributed by atoms with van der Waals surface area (Å²) in [4.78, 5) is 12.1. The molecule has 4 heteroatoms. The highest BCUT2D eigenvalue weighted by Crippen LogP contribution is 2.35. The zero-order valence-electron chi connectivity index (χ0n) is 9.60. The third-order valence-corrected chi connectivity index (χ3v) is 4.72. The first-order valence-electron chi connectivity index (χ1n) is 5.22. The lowest BCUT2D eigenvalue weighted by molar-refractivity contribution is 0.108. The molecule has 0 aromatic heterocycles. The minimum atomic E-state index is 0.0630. The highest BCUT2D eigenvalue weighted by Gasteiger charge is 2.17. The van der Waals surface area contributed by atoms with Gasteiger partial charge in [0.2, 0.25) is 0 Å². The second kappa shape index (κ2) is 6.00. The molecule has 0 saturated carbocycles. The molecule has 88 valence electrons. The molecule has 0 bridgehead atoms. The topological polar surface area (TPSA) is 17.1 Å². The molecule has 0 N–H and O–H groups in total. The van der Waals surface area contributed by atoms with Gasteiger partial charge in [0.15, 0.2) is 5.52 Å². The van der Waals surface area contributed by atoms with E-state index in [0.717, 1.165) is 12.0 Å². The van der Waals surface area contributed by atoms with Gasteiger partial charge in [-0.3, -0.25) is 4.79 Å². The zero-order chi connectivity index (χ0) is 12.3. The second-order valence-corrected chi connectivity index (χ2v) is 6.35. The molecule has 1 rings (SSSR count). The average molecular weight is 277 g/mol. The van der Waals surface area contributed by atoms with Gasteiger partial charge in [-0.25, -0.2) is 0 Å². The second-order valence-electron chi connectivity index (χ2n) is 3.84. The Kier molecular flexibility index (Phi) is 5.24. The Labute approximate surface area is 108 Å². The molecule has 0 radical (unpaired) electrons. The number of carbonyl (C=O) groups excluding carboxylic acids is 1. The first kappa shape index (κ1) is 14.0. The van der Waals surface area contributed by atoms with Crippen LogP contribution in [-0.4, -0.2) is 11.2 Å². The number of halogens is 2. The van der Waals surface area contributed by atoms with Crippen LogP contribution >= 0.6 is 31.8 Å². The molecule has 0 amide bonds. The summed E-state index contributed by atoms with van der Waals surface area (Å²) < 4.78 is 0. The molecule has 1 aromatic rings. The monoisotopic (exact) mass is 276 g/mol. The maximum Gasteiger partial charge on any atom is 0.184 e. The third kappa shape index (κ3) is 3.20. The maximum absolute atomic E-state index is 12.1. The average Bonchev–Trinajstić information content (AvgIpc) is 2.24. The van der Waals surface area contributed by atoms with Crippen molar-refractivity contribution in [3.05, 3.63) is 33.3 Å². The summed E-state index contributed by atoms with van der Waals surface area (Å²) in [6, 6.07) is 3.56. The summed E-state index contributed by atoms with van der Waals surface area (Å²) in [5.41, 5.74) is 1.83. The van der Waals surface area contributed by atoms with Crippen molar-refractivity contribution in [2.24, 2.45) is 0 Å². The van der Waals surface area contributed by atoms with Gasteiger partial charge in [-0.2, -0.15) is 0 Å². The van der Waals surface area contributed by atoms with E-state index in [1.165, 1.54) is 0 Å². The molecule has 0 aliphatic rings. The minimum Gasteiger partial charge on any atom is -0.289 e. The molecular weight excluding hydrogens is 262 g/mol. The summed E-state index contributed by atoms with van der Waals surface area (Å²) in [5.74, 6) is 0. The van der Waals surface area contributed by atoms with Crippen molar-refractivity contribution in [2.45, 2.75) is 32.9 Å². The van der Waals surface area contributed by atoms with Crippen molar-refractivity contribution in [3.8, 4) is 0 Å². The lowest BCUT2D eigenvalue weighted by Crippen LogP contribution is -2.01. The molecule has 2 unspecified atom stereocenters. The molecule has 0 saturated heterocycles. The molecule has 0 aliphatic carbocycles. The van der Waals surface area contributed by atoms with Crippen molar-refractivity contribution < 1.29 is 4.79 Å². The van der Waals surface area contributed by atoms with Gasteiger partial charge < -0.3 is 0 Å². The van der Waals surface area contributed by atoms with Crippen molar-refractivity contribution in [3.63, 3.8) is 0 Å². The van der Waals surface area contributed by atoms with Crippen molar-refractivity contribution in [2.75, 3.05) is 0 Å². The number of hydrogen-bond donors (Lipinski definition) is 0. The number of hydrogen-bond acceptors (Lipinski definition) is 1. The molecule has 1 aromatic carbocycles. The van der Waals surface area contributed by atoms with E-state index in [1.54, 1.807) is 6.07 Å². The number of rotatable bonds is 4. The Morgan fingerprint density at radius 2 is 2.06 bits per heavy atom. The van der Waals surface area contributed by atoms with E-state index in [0.29, 0.717) is 21.3 Å². The van der Waals surface area contributed by atoms with Gasteiger partial charge in [-0.05, 0) is 39.2 Å². The Balaban J connectivity index is 3.03. The highest BCUT2D eigenvalue weighted by molar-refractivity contribution is 7.59. The molecule has 0 heterocycles.